The van der Waals surface area contributed by atoms with Crippen molar-refractivity contribution in [2.75, 3.05) is 11.1 Å². The highest BCUT2D eigenvalue weighted by Crippen LogP contribution is 2.34. The number of para-hydroxylation sites is 2. The molecule has 0 fully saturated rings. The number of rotatable bonds is 3. The highest BCUT2D eigenvalue weighted by molar-refractivity contribution is 8.01. The Labute approximate surface area is 165 Å². The van der Waals surface area contributed by atoms with E-state index in [2.05, 4.69) is 15.3 Å². The summed E-state index contributed by atoms with van der Waals surface area (Å²) in [7, 11) is 0. The van der Waals surface area contributed by atoms with Gasteiger partial charge in [0.25, 0.3) is 0 Å². The van der Waals surface area contributed by atoms with Gasteiger partial charge in [-0.1, -0.05) is 54.2 Å². The van der Waals surface area contributed by atoms with E-state index >= 15 is 0 Å². The SMILES string of the molecule is N#Cc1cnc(SC2C(=O)Nc3ccccc3N=C2c2ccccc2)nc1N. The van der Waals surface area contributed by atoms with E-state index in [-0.39, 0.29) is 17.3 Å². The number of hydrogen-bond donors (Lipinski definition) is 2. The van der Waals surface area contributed by atoms with Crippen LogP contribution in [0.25, 0.3) is 0 Å². The molecule has 1 aromatic heterocycles. The number of fused-ring (bicyclic) bond motifs is 1. The van der Waals surface area contributed by atoms with Crippen LogP contribution in [0.1, 0.15) is 11.1 Å². The monoisotopic (exact) mass is 386 g/mol. The summed E-state index contributed by atoms with van der Waals surface area (Å²) in [5, 5.41) is 11.5. The predicted octanol–water partition coefficient (Wildman–Crippen LogP) is 3.16. The average Bonchev–Trinajstić information content (AvgIpc) is 2.85. The number of nitrogen functional groups attached to an aromatic ring is 1. The molecule has 28 heavy (non-hydrogen) atoms. The Hall–Kier alpha value is -3.70. The second-order valence-electron chi connectivity index (χ2n) is 5.93. The fourth-order valence-electron chi connectivity index (χ4n) is 2.75. The maximum atomic E-state index is 13.0. The fraction of sp³-hybridized carbons (Fsp3) is 0.0500. The van der Waals surface area contributed by atoms with Crippen LogP contribution >= 0.6 is 11.8 Å². The molecular formula is C20H14N6OS. The second kappa shape index (κ2) is 7.50. The van der Waals surface area contributed by atoms with E-state index < -0.39 is 5.25 Å². The Bertz CT molecular complexity index is 1120. The summed E-state index contributed by atoms with van der Waals surface area (Å²) in [6, 6.07) is 18.8. The van der Waals surface area contributed by atoms with Crippen molar-refractivity contribution in [3.05, 3.63) is 71.9 Å². The number of benzene rings is 2. The highest BCUT2D eigenvalue weighted by Gasteiger charge is 2.31. The summed E-state index contributed by atoms with van der Waals surface area (Å²) in [6.07, 6.45) is 1.35. The number of aliphatic imine (C=N–C) groups is 1. The summed E-state index contributed by atoms with van der Waals surface area (Å²) in [5.74, 6) is -0.153. The van der Waals surface area contributed by atoms with Gasteiger partial charge < -0.3 is 11.1 Å². The zero-order valence-corrected chi connectivity index (χ0v) is 15.4. The average molecular weight is 386 g/mol. The van der Waals surface area contributed by atoms with E-state index in [1.54, 1.807) is 0 Å². The van der Waals surface area contributed by atoms with Gasteiger partial charge in [-0.15, -0.1) is 0 Å². The smallest absolute Gasteiger partial charge is 0.244 e. The number of carbonyl (C=O) groups excluding carboxylic acids is 1. The Morgan fingerprint density at radius 3 is 2.61 bits per heavy atom. The number of nitrogens with two attached hydrogens (primary N) is 1. The van der Waals surface area contributed by atoms with Crippen LogP contribution in [0.2, 0.25) is 0 Å². The van der Waals surface area contributed by atoms with Crippen LogP contribution in [-0.2, 0) is 4.79 Å². The first-order valence-corrected chi connectivity index (χ1v) is 9.27. The molecule has 0 aliphatic carbocycles. The summed E-state index contributed by atoms with van der Waals surface area (Å²) >= 11 is 1.14. The number of carbonyl (C=O) groups is 1. The summed E-state index contributed by atoms with van der Waals surface area (Å²) < 4.78 is 0. The van der Waals surface area contributed by atoms with Gasteiger partial charge in [-0.05, 0) is 17.7 Å². The van der Waals surface area contributed by atoms with Gasteiger partial charge in [0.1, 0.15) is 22.7 Å². The predicted molar refractivity (Wildman–Crippen MR) is 109 cm³/mol. The van der Waals surface area contributed by atoms with E-state index in [4.69, 9.17) is 16.0 Å². The first kappa shape index (κ1) is 17.7. The Morgan fingerprint density at radius 2 is 1.86 bits per heavy atom. The molecule has 7 nitrogen and oxygen atoms in total. The van der Waals surface area contributed by atoms with Crippen molar-refractivity contribution < 1.29 is 4.79 Å². The van der Waals surface area contributed by atoms with Crippen molar-refractivity contribution in [2.24, 2.45) is 4.99 Å². The number of nitrogens with one attached hydrogen (secondary N) is 1. The van der Waals surface area contributed by atoms with Crippen LogP contribution in [0, 0.1) is 11.3 Å². The highest BCUT2D eigenvalue weighted by atomic mass is 32.2. The zero-order valence-electron chi connectivity index (χ0n) is 14.5. The number of nitrogens with zero attached hydrogens (tertiary/aromatic N) is 4. The van der Waals surface area contributed by atoms with Crippen LogP contribution in [0.5, 0.6) is 0 Å². The lowest BCUT2D eigenvalue weighted by atomic mass is 10.1. The van der Waals surface area contributed by atoms with E-state index in [0.717, 1.165) is 17.3 Å². The number of nitriles is 1. The number of thioether (sulfide) groups is 1. The molecule has 4 rings (SSSR count). The van der Waals surface area contributed by atoms with Crippen molar-refractivity contribution in [3.8, 4) is 6.07 Å². The van der Waals surface area contributed by atoms with E-state index in [1.165, 1.54) is 6.20 Å². The quantitative estimate of drug-likeness (QED) is 0.668. The second-order valence-corrected chi connectivity index (χ2v) is 7.00. The number of aromatic nitrogens is 2. The van der Waals surface area contributed by atoms with Gasteiger partial charge in [-0.2, -0.15) is 5.26 Å². The van der Waals surface area contributed by atoms with Gasteiger partial charge in [0.2, 0.25) is 5.91 Å². The molecule has 136 valence electrons. The molecule has 1 aliphatic rings. The first-order valence-electron chi connectivity index (χ1n) is 8.39. The summed E-state index contributed by atoms with van der Waals surface area (Å²) in [6.45, 7) is 0. The number of anilines is 2. The lowest BCUT2D eigenvalue weighted by Crippen LogP contribution is -2.32. The Kier molecular flexibility index (Phi) is 4.74. The molecular weight excluding hydrogens is 372 g/mol. The lowest BCUT2D eigenvalue weighted by Gasteiger charge is -2.15. The van der Waals surface area contributed by atoms with E-state index in [9.17, 15) is 4.79 Å². The van der Waals surface area contributed by atoms with Gasteiger partial charge >= 0.3 is 0 Å². The van der Waals surface area contributed by atoms with Crippen molar-refractivity contribution in [1.82, 2.24) is 9.97 Å². The third-order valence-corrected chi connectivity index (χ3v) is 5.18. The van der Waals surface area contributed by atoms with Crippen molar-refractivity contribution >= 4 is 40.6 Å². The molecule has 0 saturated carbocycles. The summed E-state index contributed by atoms with van der Waals surface area (Å²) in [4.78, 5) is 26.1. The molecule has 1 atom stereocenters. The molecule has 0 bridgehead atoms. The molecule has 0 radical (unpaired) electrons. The van der Waals surface area contributed by atoms with Crippen LogP contribution in [-0.4, -0.2) is 26.8 Å². The van der Waals surface area contributed by atoms with Gasteiger partial charge in [-0.3, -0.25) is 4.79 Å². The van der Waals surface area contributed by atoms with Gasteiger partial charge in [-0.25, -0.2) is 15.0 Å². The molecule has 3 N–H and O–H groups in total. The molecule has 0 saturated heterocycles. The molecule has 8 heteroatoms. The molecule has 3 aromatic rings. The maximum Gasteiger partial charge on any atom is 0.244 e. The van der Waals surface area contributed by atoms with Crippen LogP contribution < -0.4 is 11.1 Å². The largest absolute Gasteiger partial charge is 0.382 e. The molecule has 0 spiro atoms. The zero-order chi connectivity index (χ0) is 19.5. The normalized spacial score (nSPS) is 15.6. The standard InChI is InChI=1S/C20H14N6OS/c21-10-13-11-23-20(26-18(13)22)28-17-16(12-6-2-1-3-7-12)24-14-8-4-5-9-15(14)25-19(17)27/h1-9,11,17H,(H,25,27)(H2,22,23,26). The Balaban J connectivity index is 1.79. The Morgan fingerprint density at radius 1 is 1.11 bits per heavy atom. The van der Waals surface area contributed by atoms with Crippen LogP contribution in [0.15, 0.2) is 70.9 Å². The third-order valence-electron chi connectivity index (χ3n) is 4.10. The molecule has 2 aromatic carbocycles. The lowest BCUT2D eigenvalue weighted by molar-refractivity contribution is -0.114. The number of hydrogen-bond acceptors (Lipinski definition) is 7. The minimum Gasteiger partial charge on any atom is -0.382 e. The molecule has 2 heterocycles. The summed E-state index contributed by atoms with van der Waals surface area (Å²) in [5.41, 5.74) is 8.74. The minimum absolute atomic E-state index is 0.0792. The first-order chi connectivity index (χ1) is 13.7. The number of amides is 1. The van der Waals surface area contributed by atoms with Crippen LogP contribution in [0.3, 0.4) is 0 Å². The maximum absolute atomic E-state index is 13.0. The topological polar surface area (TPSA) is 117 Å². The molecule has 1 aliphatic heterocycles. The van der Waals surface area contributed by atoms with E-state index in [0.29, 0.717) is 22.2 Å². The van der Waals surface area contributed by atoms with Crippen LogP contribution in [0.4, 0.5) is 17.2 Å². The van der Waals surface area contributed by atoms with Gasteiger partial charge in [0.05, 0.1) is 23.3 Å². The van der Waals surface area contributed by atoms with Gasteiger partial charge in [0, 0.05) is 0 Å². The van der Waals surface area contributed by atoms with Crippen molar-refractivity contribution in [3.63, 3.8) is 0 Å². The van der Waals surface area contributed by atoms with Crippen molar-refractivity contribution in [1.29, 1.82) is 5.26 Å². The van der Waals surface area contributed by atoms with Crippen molar-refractivity contribution in [2.45, 2.75) is 10.4 Å². The molecule has 1 amide bonds. The fourth-order valence-corrected chi connectivity index (χ4v) is 3.69. The molecule has 1 unspecified atom stereocenters. The minimum atomic E-state index is -0.692. The third kappa shape index (κ3) is 3.43. The van der Waals surface area contributed by atoms with E-state index in [1.807, 2.05) is 60.7 Å². The van der Waals surface area contributed by atoms with Gasteiger partial charge in [0.15, 0.2) is 5.16 Å².